The van der Waals surface area contributed by atoms with Gasteiger partial charge in [0.25, 0.3) is 0 Å². The minimum atomic E-state index is -1.70. The van der Waals surface area contributed by atoms with Crippen LogP contribution >= 0.6 is 0 Å². The molecule has 0 N–H and O–H groups in total. The number of carbonyl (C=O) groups excluding carboxylic acids is 1. The molecular weight excluding hydrogens is 321 g/mol. The highest BCUT2D eigenvalue weighted by atomic mass is 19.1. The molecule has 1 amide bonds. The predicted molar refractivity (Wildman–Crippen MR) is 82.6 cm³/mol. The second-order valence-electron chi connectivity index (χ2n) is 6.70. The fourth-order valence-corrected chi connectivity index (χ4v) is 2.21. The van der Waals surface area contributed by atoms with Crippen LogP contribution in [-0.4, -0.2) is 51.9 Å². The molecule has 2 rings (SSSR count). The molecule has 0 aliphatic carbocycles. The van der Waals surface area contributed by atoms with Gasteiger partial charge in [-0.2, -0.15) is 0 Å². The van der Waals surface area contributed by atoms with Crippen molar-refractivity contribution in [2.75, 3.05) is 19.7 Å². The number of nitro groups is 1. The highest BCUT2D eigenvalue weighted by Crippen LogP contribution is 2.28. The summed E-state index contributed by atoms with van der Waals surface area (Å²) in [4.78, 5) is 26.7. The Kier molecular flexibility index (Phi) is 4.91. The van der Waals surface area contributed by atoms with E-state index in [4.69, 9.17) is 9.47 Å². The molecule has 1 atom stereocenters. The molecule has 0 radical (unpaired) electrons. The van der Waals surface area contributed by atoms with Crippen LogP contribution < -0.4 is 4.74 Å². The number of ether oxygens (including phenoxy) is 2. The van der Waals surface area contributed by atoms with Crippen molar-refractivity contribution in [2.24, 2.45) is 0 Å². The van der Waals surface area contributed by atoms with Gasteiger partial charge in [-0.25, -0.2) is 9.18 Å². The van der Waals surface area contributed by atoms with Crippen LogP contribution in [0.1, 0.15) is 27.2 Å². The first-order chi connectivity index (χ1) is 11.1. The number of amides is 1. The van der Waals surface area contributed by atoms with Gasteiger partial charge in [-0.05, 0) is 36.7 Å². The van der Waals surface area contributed by atoms with E-state index in [9.17, 15) is 19.3 Å². The molecule has 0 unspecified atom stereocenters. The average Bonchev–Trinajstić information content (AvgIpc) is 2.87. The lowest BCUT2D eigenvalue weighted by atomic mass is 10.1. The maximum absolute atomic E-state index is 14.7. The van der Waals surface area contributed by atoms with Crippen LogP contribution in [0.25, 0.3) is 0 Å². The molecule has 2 heterocycles. The molecule has 8 nitrogen and oxygen atoms in total. The molecule has 24 heavy (non-hydrogen) atoms. The number of halogens is 1. The van der Waals surface area contributed by atoms with Gasteiger partial charge in [0.15, 0.2) is 17.6 Å². The molecular formula is C15H20FN3O5. The molecule has 1 fully saturated rings. The molecule has 9 heteroatoms. The number of hydrogen-bond donors (Lipinski definition) is 0. The van der Waals surface area contributed by atoms with Crippen LogP contribution in [0.4, 0.5) is 15.0 Å². The summed E-state index contributed by atoms with van der Waals surface area (Å²) >= 11 is 0. The molecule has 1 saturated heterocycles. The quantitative estimate of drug-likeness (QED) is 0.617. The summed E-state index contributed by atoms with van der Waals surface area (Å²) < 4.78 is 25.3. The number of nitrogens with zero attached hydrogens (tertiary/aromatic N) is 3. The van der Waals surface area contributed by atoms with Crippen molar-refractivity contribution < 1.29 is 23.6 Å². The number of likely N-dealkylation sites (tertiary alicyclic amines) is 1. The van der Waals surface area contributed by atoms with Gasteiger partial charge < -0.3 is 24.5 Å². The van der Waals surface area contributed by atoms with E-state index in [1.165, 1.54) is 23.2 Å². The Labute approximate surface area is 138 Å². The van der Waals surface area contributed by atoms with Gasteiger partial charge in [-0.1, -0.05) is 0 Å². The van der Waals surface area contributed by atoms with Crippen molar-refractivity contribution in [1.82, 2.24) is 9.88 Å². The van der Waals surface area contributed by atoms with Crippen LogP contribution in [0.3, 0.4) is 0 Å². The number of rotatable bonds is 4. The van der Waals surface area contributed by atoms with Crippen molar-refractivity contribution in [3.8, 4) is 5.75 Å². The zero-order valence-corrected chi connectivity index (χ0v) is 13.8. The highest BCUT2D eigenvalue weighted by Gasteiger charge is 2.42. The van der Waals surface area contributed by atoms with Crippen LogP contribution in [0.2, 0.25) is 0 Å². The Bertz CT molecular complexity index is 617. The van der Waals surface area contributed by atoms with E-state index in [2.05, 4.69) is 4.98 Å². The summed E-state index contributed by atoms with van der Waals surface area (Å²) in [7, 11) is 0. The summed E-state index contributed by atoms with van der Waals surface area (Å²) in [6.45, 7) is 5.08. The van der Waals surface area contributed by atoms with Crippen LogP contribution in [0, 0.1) is 10.1 Å². The van der Waals surface area contributed by atoms with Gasteiger partial charge >= 0.3 is 11.9 Å². The standard InChI is InChI=1S/C15H20FN3O5/c1-14(2,3)24-13(20)18-7-6-15(16,9-18)10-23-11-4-5-12(17-8-11)19(21)22/h4-5,8H,6-7,9-10H2,1-3H3/t15-/m0/s1. The summed E-state index contributed by atoms with van der Waals surface area (Å²) in [5, 5.41) is 10.5. The van der Waals surface area contributed by atoms with E-state index < -0.39 is 22.3 Å². The molecule has 1 aromatic rings. The van der Waals surface area contributed by atoms with E-state index in [0.29, 0.717) is 0 Å². The van der Waals surface area contributed by atoms with Crippen LogP contribution in [-0.2, 0) is 4.74 Å². The average molecular weight is 341 g/mol. The largest absolute Gasteiger partial charge is 0.486 e. The first-order valence-electron chi connectivity index (χ1n) is 7.48. The molecule has 1 aromatic heterocycles. The predicted octanol–water partition coefficient (Wildman–Crippen LogP) is 2.72. The summed E-state index contributed by atoms with van der Waals surface area (Å²) in [6.07, 6.45) is 0.744. The SMILES string of the molecule is CC(C)(C)OC(=O)N1CC[C@@](F)(COc2ccc([N+](=O)[O-])nc2)C1. The lowest BCUT2D eigenvalue weighted by molar-refractivity contribution is -0.389. The monoisotopic (exact) mass is 341 g/mol. The minimum absolute atomic E-state index is 0.123. The smallest absolute Gasteiger partial charge is 0.410 e. The second kappa shape index (κ2) is 6.58. The molecule has 0 aromatic carbocycles. The maximum atomic E-state index is 14.7. The lowest BCUT2D eigenvalue weighted by Crippen LogP contribution is -2.39. The van der Waals surface area contributed by atoms with E-state index in [1.807, 2.05) is 0 Å². The van der Waals surface area contributed by atoms with Crippen molar-refractivity contribution in [3.63, 3.8) is 0 Å². The van der Waals surface area contributed by atoms with Crippen molar-refractivity contribution in [2.45, 2.75) is 38.5 Å². The molecule has 1 aliphatic rings. The first kappa shape index (κ1) is 17.9. The Morgan fingerprint density at radius 3 is 2.75 bits per heavy atom. The number of carbonyl (C=O) groups is 1. The molecule has 132 valence electrons. The van der Waals surface area contributed by atoms with Crippen LogP contribution in [0.5, 0.6) is 5.75 Å². The number of alkyl halides is 1. The van der Waals surface area contributed by atoms with E-state index in [1.54, 1.807) is 20.8 Å². The summed E-state index contributed by atoms with van der Waals surface area (Å²) in [5.41, 5.74) is -2.34. The van der Waals surface area contributed by atoms with Gasteiger partial charge in [-0.15, -0.1) is 0 Å². The number of aromatic nitrogens is 1. The third-order valence-electron chi connectivity index (χ3n) is 3.36. The Morgan fingerprint density at radius 2 is 2.21 bits per heavy atom. The number of pyridine rings is 1. The van der Waals surface area contributed by atoms with E-state index >= 15 is 0 Å². The Morgan fingerprint density at radius 1 is 1.50 bits per heavy atom. The van der Waals surface area contributed by atoms with Gasteiger partial charge in [0.2, 0.25) is 0 Å². The Hall–Kier alpha value is -2.45. The van der Waals surface area contributed by atoms with Gasteiger partial charge in [0, 0.05) is 19.0 Å². The number of hydrogen-bond acceptors (Lipinski definition) is 6. The minimum Gasteiger partial charge on any atom is -0.486 e. The van der Waals surface area contributed by atoms with Gasteiger partial charge in [-0.3, -0.25) is 0 Å². The topological polar surface area (TPSA) is 94.8 Å². The van der Waals surface area contributed by atoms with E-state index in [0.717, 1.165) is 0 Å². The molecule has 1 aliphatic heterocycles. The summed E-state index contributed by atoms with van der Waals surface area (Å²) in [6, 6.07) is 2.54. The highest BCUT2D eigenvalue weighted by molar-refractivity contribution is 5.68. The lowest BCUT2D eigenvalue weighted by Gasteiger charge is -2.25. The maximum Gasteiger partial charge on any atom is 0.410 e. The first-order valence-corrected chi connectivity index (χ1v) is 7.48. The third-order valence-corrected chi connectivity index (χ3v) is 3.36. The third kappa shape index (κ3) is 4.77. The zero-order valence-electron chi connectivity index (χ0n) is 13.8. The zero-order chi connectivity index (χ0) is 18.0. The normalized spacial score (nSPS) is 20.8. The van der Waals surface area contributed by atoms with Crippen molar-refractivity contribution >= 4 is 11.9 Å². The molecule has 0 spiro atoms. The summed E-state index contributed by atoms with van der Waals surface area (Å²) in [5.74, 6) is -0.0809. The van der Waals surface area contributed by atoms with Crippen LogP contribution in [0.15, 0.2) is 18.3 Å². The van der Waals surface area contributed by atoms with E-state index in [-0.39, 0.29) is 37.7 Å². The van der Waals surface area contributed by atoms with Gasteiger partial charge in [0.05, 0.1) is 6.54 Å². The second-order valence-corrected chi connectivity index (χ2v) is 6.70. The van der Waals surface area contributed by atoms with Gasteiger partial charge in [0.1, 0.15) is 12.2 Å². The van der Waals surface area contributed by atoms with Crippen molar-refractivity contribution in [1.29, 1.82) is 0 Å². The fraction of sp³-hybridized carbons (Fsp3) is 0.600. The Balaban J connectivity index is 1.89. The van der Waals surface area contributed by atoms with Crippen molar-refractivity contribution in [3.05, 3.63) is 28.4 Å². The fourth-order valence-electron chi connectivity index (χ4n) is 2.21. The molecule has 0 saturated carbocycles. The molecule has 0 bridgehead atoms.